The van der Waals surface area contributed by atoms with Gasteiger partial charge < -0.3 is 4.90 Å². The average Bonchev–Trinajstić information content (AvgIpc) is 2.22. The maximum absolute atomic E-state index is 13.7. The van der Waals surface area contributed by atoms with Crippen LogP contribution >= 0.6 is 11.6 Å². The zero-order chi connectivity index (χ0) is 13.9. The first kappa shape index (κ1) is 15.2. The van der Waals surface area contributed by atoms with Crippen LogP contribution in [0.1, 0.15) is 17.5 Å². The fourth-order valence-electron chi connectivity index (χ4n) is 1.67. The van der Waals surface area contributed by atoms with Crippen LogP contribution in [0.5, 0.6) is 0 Å². The van der Waals surface area contributed by atoms with Crippen molar-refractivity contribution >= 4 is 11.6 Å². The molecule has 0 radical (unpaired) electrons. The van der Waals surface area contributed by atoms with Crippen LogP contribution in [0.25, 0.3) is 0 Å². The van der Waals surface area contributed by atoms with Crippen LogP contribution in [0.4, 0.5) is 17.6 Å². The van der Waals surface area contributed by atoms with E-state index < -0.39 is 17.6 Å². The molecule has 6 heteroatoms. The maximum Gasteiger partial charge on any atom is 0.416 e. The molecule has 0 amide bonds. The molecule has 1 aromatic rings. The number of nitrogens with zero attached hydrogens (tertiary/aromatic N) is 1. The molecule has 0 atom stereocenters. The smallest absolute Gasteiger partial charge is 0.309 e. The van der Waals surface area contributed by atoms with Gasteiger partial charge in [0.15, 0.2) is 0 Å². The molecule has 0 aliphatic heterocycles. The fourth-order valence-corrected chi connectivity index (χ4v) is 1.85. The van der Waals surface area contributed by atoms with Crippen molar-refractivity contribution in [2.45, 2.75) is 19.0 Å². The Morgan fingerprint density at radius 2 is 1.83 bits per heavy atom. The lowest BCUT2D eigenvalue weighted by atomic mass is 10.0. The first-order chi connectivity index (χ1) is 8.23. The second-order valence-corrected chi connectivity index (χ2v) is 4.70. The average molecular weight is 284 g/mol. The van der Waals surface area contributed by atoms with Gasteiger partial charge in [0.2, 0.25) is 0 Å². The van der Waals surface area contributed by atoms with E-state index in [1.54, 1.807) is 14.1 Å². The van der Waals surface area contributed by atoms with Crippen LogP contribution in [-0.4, -0.2) is 25.5 Å². The number of rotatable bonds is 4. The van der Waals surface area contributed by atoms with Crippen LogP contribution in [0.3, 0.4) is 0 Å². The molecule has 1 nitrogen and oxygen atoms in total. The highest BCUT2D eigenvalue weighted by Crippen LogP contribution is 2.35. The maximum atomic E-state index is 13.7. The Kier molecular flexibility index (Phi) is 4.99. The normalized spacial score (nSPS) is 12.2. The van der Waals surface area contributed by atoms with Gasteiger partial charge in [-0.1, -0.05) is 11.6 Å². The van der Waals surface area contributed by atoms with Crippen LogP contribution in [-0.2, 0) is 12.6 Å². The van der Waals surface area contributed by atoms with E-state index in [1.165, 1.54) is 0 Å². The van der Waals surface area contributed by atoms with Crippen molar-refractivity contribution in [3.63, 3.8) is 0 Å². The van der Waals surface area contributed by atoms with Crippen molar-refractivity contribution in [3.8, 4) is 0 Å². The van der Waals surface area contributed by atoms with Gasteiger partial charge in [0.05, 0.1) is 10.6 Å². The number of benzene rings is 1. The Hall–Kier alpha value is -0.810. The minimum absolute atomic E-state index is 0.0133. The van der Waals surface area contributed by atoms with E-state index >= 15 is 0 Å². The van der Waals surface area contributed by atoms with Crippen molar-refractivity contribution in [3.05, 3.63) is 34.1 Å². The van der Waals surface area contributed by atoms with E-state index in [2.05, 4.69) is 0 Å². The highest BCUT2D eigenvalue weighted by atomic mass is 35.5. The van der Waals surface area contributed by atoms with E-state index in [0.29, 0.717) is 13.0 Å². The lowest BCUT2D eigenvalue weighted by Gasteiger charge is -2.15. The third-order valence-electron chi connectivity index (χ3n) is 2.53. The lowest BCUT2D eigenvalue weighted by molar-refractivity contribution is -0.138. The number of alkyl halides is 3. The van der Waals surface area contributed by atoms with Gasteiger partial charge >= 0.3 is 6.18 Å². The third kappa shape index (κ3) is 3.85. The van der Waals surface area contributed by atoms with Gasteiger partial charge in [-0.25, -0.2) is 4.39 Å². The molecule has 1 aromatic carbocycles. The highest BCUT2D eigenvalue weighted by Gasteiger charge is 2.34. The Labute approximate surface area is 108 Å². The Balaban J connectivity index is 3.02. The summed E-state index contributed by atoms with van der Waals surface area (Å²) < 4.78 is 51.8. The first-order valence-electron chi connectivity index (χ1n) is 5.42. The molecule has 0 heterocycles. The molecule has 102 valence electrons. The molecule has 0 bridgehead atoms. The van der Waals surface area contributed by atoms with Crippen LogP contribution in [0, 0.1) is 5.82 Å². The van der Waals surface area contributed by atoms with Gasteiger partial charge in [0.25, 0.3) is 0 Å². The predicted octanol–water partition coefficient (Wildman–Crippen LogP) is 3.99. The molecule has 0 saturated carbocycles. The van der Waals surface area contributed by atoms with Gasteiger partial charge in [-0.15, -0.1) is 0 Å². The number of hydrogen-bond donors (Lipinski definition) is 0. The van der Waals surface area contributed by atoms with E-state index in [1.807, 2.05) is 4.90 Å². The molecule has 0 aliphatic rings. The molecule has 0 unspecified atom stereocenters. The van der Waals surface area contributed by atoms with Crippen molar-refractivity contribution in [2.75, 3.05) is 20.6 Å². The van der Waals surface area contributed by atoms with Gasteiger partial charge in [-0.05, 0) is 45.6 Å². The van der Waals surface area contributed by atoms with Gasteiger partial charge in [0.1, 0.15) is 5.82 Å². The standard InChI is InChI=1S/C12H14ClF4N/c1-18(2)7-3-4-8-9(12(15,16)17)5-6-10(13)11(8)14/h5-6H,3-4,7H2,1-2H3. The van der Waals surface area contributed by atoms with Crippen molar-refractivity contribution < 1.29 is 17.6 Å². The molecule has 0 fully saturated rings. The molecular formula is C12H14ClF4N. The van der Waals surface area contributed by atoms with Crippen LogP contribution in [0.15, 0.2) is 12.1 Å². The summed E-state index contributed by atoms with van der Waals surface area (Å²) in [6.07, 6.45) is -4.11. The van der Waals surface area contributed by atoms with Crippen molar-refractivity contribution in [1.82, 2.24) is 4.90 Å². The van der Waals surface area contributed by atoms with Crippen molar-refractivity contribution in [2.24, 2.45) is 0 Å². The summed E-state index contributed by atoms with van der Waals surface area (Å²) in [5.41, 5.74) is -1.29. The molecule has 0 saturated heterocycles. The van der Waals surface area contributed by atoms with Gasteiger partial charge in [-0.3, -0.25) is 0 Å². The molecule has 0 aromatic heterocycles. The summed E-state index contributed by atoms with van der Waals surface area (Å²) in [7, 11) is 3.61. The second-order valence-electron chi connectivity index (χ2n) is 4.29. The minimum atomic E-state index is -4.56. The van der Waals surface area contributed by atoms with E-state index in [0.717, 1.165) is 12.1 Å². The predicted molar refractivity (Wildman–Crippen MR) is 63.3 cm³/mol. The topological polar surface area (TPSA) is 3.24 Å². The molecule has 0 aliphatic carbocycles. The lowest BCUT2D eigenvalue weighted by Crippen LogP contribution is -2.16. The third-order valence-corrected chi connectivity index (χ3v) is 2.83. The van der Waals surface area contributed by atoms with Crippen LogP contribution in [0.2, 0.25) is 5.02 Å². The molecule has 0 spiro atoms. The minimum Gasteiger partial charge on any atom is -0.309 e. The first-order valence-corrected chi connectivity index (χ1v) is 5.80. The zero-order valence-electron chi connectivity index (χ0n) is 10.1. The van der Waals surface area contributed by atoms with E-state index in [9.17, 15) is 17.6 Å². The number of hydrogen-bond acceptors (Lipinski definition) is 1. The largest absolute Gasteiger partial charge is 0.416 e. The SMILES string of the molecule is CN(C)CCCc1c(C(F)(F)F)ccc(Cl)c1F. The van der Waals surface area contributed by atoms with Crippen LogP contribution < -0.4 is 0 Å². The summed E-state index contributed by atoms with van der Waals surface area (Å²) in [5, 5.41) is -0.275. The Bertz CT molecular complexity index is 415. The summed E-state index contributed by atoms with van der Waals surface area (Å²) in [5.74, 6) is -0.967. The zero-order valence-corrected chi connectivity index (χ0v) is 10.9. The summed E-state index contributed by atoms with van der Waals surface area (Å²) in [6.45, 7) is 0.587. The molecule has 18 heavy (non-hydrogen) atoms. The molecule has 0 N–H and O–H groups in total. The Morgan fingerprint density at radius 3 is 2.33 bits per heavy atom. The van der Waals surface area contributed by atoms with E-state index in [-0.39, 0.29) is 17.0 Å². The summed E-state index contributed by atoms with van der Waals surface area (Å²) in [4.78, 5) is 1.83. The molecular weight excluding hydrogens is 270 g/mol. The quantitative estimate of drug-likeness (QED) is 0.755. The molecule has 1 rings (SSSR count). The second kappa shape index (κ2) is 5.89. The fraction of sp³-hybridized carbons (Fsp3) is 0.500. The van der Waals surface area contributed by atoms with Crippen molar-refractivity contribution in [1.29, 1.82) is 0 Å². The van der Waals surface area contributed by atoms with E-state index in [4.69, 9.17) is 11.6 Å². The highest BCUT2D eigenvalue weighted by molar-refractivity contribution is 6.30. The Morgan fingerprint density at radius 1 is 1.22 bits per heavy atom. The van der Waals surface area contributed by atoms with Gasteiger partial charge in [0, 0.05) is 5.56 Å². The monoisotopic (exact) mass is 283 g/mol. The summed E-state index contributed by atoms with van der Waals surface area (Å²) in [6, 6.07) is 1.77. The summed E-state index contributed by atoms with van der Waals surface area (Å²) >= 11 is 5.52. The number of halogens is 5. The van der Waals surface area contributed by atoms with Gasteiger partial charge in [-0.2, -0.15) is 13.2 Å².